The van der Waals surface area contributed by atoms with Crippen molar-refractivity contribution in [3.05, 3.63) is 54.1 Å². The Morgan fingerprint density at radius 3 is 2.37 bits per heavy atom. The Labute approximate surface area is 152 Å². The molecule has 0 spiro atoms. The maximum atomic E-state index is 13.6. The predicted molar refractivity (Wildman–Crippen MR) is 88.4 cm³/mol. The molecule has 2 atom stereocenters. The van der Waals surface area contributed by atoms with Crippen LogP contribution in [-0.2, 0) is 10.4 Å². The predicted octanol–water partition coefficient (Wildman–Crippen LogP) is 2.19. The van der Waals surface area contributed by atoms with Gasteiger partial charge in [0.25, 0.3) is 5.91 Å². The van der Waals surface area contributed by atoms with Gasteiger partial charge in [-0.3, -0.25) is 4.79 Å². The van der Waals surface area contributed by atoms with Gasteiger partial charge >= 0.3 is 6.18 Å². The molecule has 0 fully saturated rings. The molecule has 0 saturated carbocycles. The normalized spacial score (nSPS) is 16.5. The van der Waals surface area contributed by atoms with Crippen LogP contribution in [0.2, 0.25) is 0 Å². The molecule has 1 heterocycles. The third-order valence-electron chi connectivity index (χ3n) is 4.35. The van der Waals surface area contributed by atoms with Gasteiger partial charge in [0.1, 0.15) is 0 Å². The molecule has 2 N–H and O–H groups in total. The molecule has 2 aromatic carbocycles. The molecule has 6 nitrogen and oxygen atoms in total. The largest absolute Gasteiger partial charge is 0.454 e. The summed E-state index contributed by atoms with van der Waals surface area (Å²) in [7, 11) is 1.19. The summed E-state index contributed by atoms with van der Waals surface area (Å²) in [6.45, 7) is -0.0130. The van der Waals surface area contributed by atoms with Gasteiger partial charge in [-0.05, 0) is 17.7 Å². The van der Waals surface area contributed by atoms with Crippen LogP contribution in [-0.4, -0.2) is 42.2 Å². The minimum Gasteiger partial charge on any atom is -0.454 e. The number of likely N-dealkylation sites (N-methyl/N-ethyl adjacent to an activating group) is 1. The van der Waals surface area contributed by atoms with Gasteiger partial charge in [0.2, 0.25) is 12.4 Å². The van der Waals surface area contributed by atoms with Crippen molar-refractivity contribution in [1.29, 1.82) is 0 Å². The number of aliphatic hydroxyl groups excluding tert-OH is 1. The van der Waals surface area contributed by atoms with E-state index in [4.69, 9.17) is 9.47 Å². The molecule has 2 aromatic rings. The first-order valence-electron chi connectivity index (χ1n) is 7.86. The van der Waals surface area contributed by atoms with Crippen molar-refractivity contribution in [3.8, 4) is 11.5 Å². The summed E-state index contributed by atoms with van der Waals surface area (Å²) in [5.74, 6) is -0.593. The van der Waals surface area contributed by atoms with Gasteiger partial charge in [-0.25, -0.2) is 0 Å². The van der Waals surface area contributed by atoms with E-state index in [1.54, 1.807) is 0 Å². The highest BCUT2D eigenvalue weighted by Gasteiger charge is 2.62. The number of aliphatic hydroxyl groups is 2. The Hall–Kier alpha value is -2.78. The molecule has 2 unspecified atom stereocenters. The molecule has 144 valence electrons. The maximum Gasteiger partial charge on any atom is 0.424 e. The Bertz CT molecular complexity index is 843. The Kier molecular flexibility index (Phi) is 4.75. The fourth-order valence-corrected chi connectivity index (χ4v) is 2.75. The van der Waals surface area contributed by atoms with E-state index >= 15 is 0 Å². The fraction of sp³-hybridized carbons (Fsp3) is 0.278. The number of carbonyl (C=O) groups excluding carboxylic acids is 1. The lowest BCUT2D eigenvalue weighted by Crippen LogP contribution is -2.57. The van der Waals surface area contributed by atoms with Crippen LogP contribution in [0.15, 0.2) is 48.5 Å². The molecule has 0 saturated heterocycles. The second-order valence-electron chi connectivity index (χ2n) is 5.97. The SMILES string of the molecule is CN(C(=O)C(O)C(O)(c1ccccc1)C(F)(F)F)c1ccc2c(c1)OCO2. The van der Waals surface area contributed by atoms with Crippen molar-refractivity contribution < 1.29 is 37.7 Å². The summed E-state index contributed by atoms with van der Waals surface area (Å²) in [6.07, 6.45) is -8.07. The minimum atomic E-state index is -5.29. The van der Waals surface area contributed by atoms with Crippen molar-refractivity contribution in [2.24, 2.45) is 0 Å². The number of benzene rings is 2. The van der Waals surface area contributed by atoms with E-state index in [0.717, 1.165) is 17.0 Å². The number of anilines is 1. The number of rotatable bonds is 4. The summed E-state index contributed by atoms with van der Waals surface area (Å²) < 4.78 is 51.2. The third kappa shape index (κ3) is 3.19. The number of amides is 1. The van der Waals surface area contributed by atoms with Gasteiger partial charge in [-0.1, -0.05) is 30.3 Å². The zero-order chi connectivity index (χ0) is 19.8. The molecule has 1 aliphatic heterocycles. The molecule has 0 bridgehead atoms. The van der Waals surface area contributed by atoms with Crippen LogP contribution >= 0.6 is 0 Å². The van der Waals surface area contributed by atoms with Crippen molar-refractivity contribution >= 4 is 11.6 Å². The fourth-order valence-electron chi connectivity index (χ4n) is 2.75. The van der Waals surface area contributed by atoms with Gasteiger partial charge in [0.05, 0.1) is 0 Å². The molecule has 0 radical (unpaired) electrons. The van der Waals surface area contributed by atoms with E-state index in [1.807, 2.05) is 0 Å². The first-order chi connectivity index (χ1) is 12.7. The zero-order valence-electron chi connectivity index (χ0n) is 14.1. The molecule has 1 amide bonds. The first kappa shape index (κ1) is 19.0. The number of nitrogens with zero attached hydrogens (tertiary/aromatic N) is 1. The maximum absolute atomic E-state index is 13.6. The number of hydrogen-bond acceptors (Lipinski definition) is 5. The number of carbonyl (C=O) groups is 1. The summed E-state index contributed by atoms with van der Waals surface area (Å²) in [5.41, 5.74) is -4.24. The highest BCUT2D eigenvalue weighted by Crippen LogP contribution is 2.42. The number of hydrogen-bond donors (Lipinski definition) is 2. The van der Waals surface area contributed by atoms with Crippen molar-refractivity contribution in [3.63, 3.8) is 0 Å². The summed E-state index contributed by atoms with van der Waals surface area (Å²) >= 11 is 0. The van der Waals surface area contributed by atoms with Crippen LogP contribution in [0.3, 0.4) is 0 Å². The zero-order valence-corrected chi connectivity index (χ0v) is 14.1. The molecule has 9 heteroatoms. The van der Waals surface area contributed by atoms with Crippen molar-refractivity contribution in [1.82, 2.24) is 0 Å². The van der Waals surface area contributed by atoms with E-state index in [-0.39, 0.29) is 12.5 Å². The van der Waals surface area contributed by atoms with Gasteiger partial charge in [0.15, 0.2) is 17.6 Å². The van der Waals surface area contributed by atoms with Gasteiger partial charge in [-0.15, -0.1) is 0 Å². The molecule has 0 aliphatic carbocycles. The molecule has 1 aliphatic rings. The van der Waals surface area contributed by atoms with E-state index in [0.29, 0.717) is 11.5 Å². The highest BCUT2D eigenvalue weighted by molar-refractivity contribution is 5.97. The van der Waals surface area contributed by atoms with E-state index in [1.165, 1.54) is 43.4 Å². The van der Waals surface area contributed by atoms with Crippen LogP contribution in [0.1, 0.15) is 5.56 Å². The van der Waals surface area contributed by atoms with Crippen molar-refractivity contribution in [2.75, 3.05) is 18.7 Å². The topological polar surface area (TPSA) is 79.2 Å². The summed E-state index contributed by atoms with van der Waals surface area (Å²) in [4.78, 5) is 13.4. The van der Waals surface area contributed by atoms with Crippen LogP contribution in [0, 0.1) is 0 Å². The third-order valence-corrected chi connectivity index (χ3v) is 4.35. The van der Waals surface area contributed by atoms with E-state index in [2.05, 4.69) is 0 Å². The molecular formula is C18H16F3NO5. The highest BCUT2D eigenvalue weighted by atomic mass is 19.4. The van der Waals surface area contributed by atoms with Gasteiger partial charge in [-0.2, -0.15) is 13.2 Å². The molecule has 3 rings (SSSR count). The average molecular weight is 383 g/mol. The summed E-state index contributed by atoms with van der Waals surface area (Å²) in [5, 5.41) is 20.6. The Morgan fingerprint density at radius 1 is 1.11 bits per heavy atom. The molecular weight excluding hydrogens is 367 g/mol. The molecule has 0 aromatic heterocycles. The van der Waals surface area contributed by atoms with Gasteiger partial charge < -0.3 is 24.6 Å². The first-order valence-corrected chi connectivity index (χ1v) is 7.86. The van der Waals surface area contributed by atoms with E-state index < -0.39 is 29.4 Å². The van der Waals surface area contributed by atoms with Crippen LogP contribution in [0.5, 0.6) is 11.5 Å². The Balaban J connectivity index is 1.94. The number of ether oxygens (including phenoxy) is 2. The Morgan fingerprint density at radius 2 is 1.74 bits per heavy atom. The average Bonchev–Trinajstić information content (AvgIpc) is 3.13. The second kappa shape index (κ2) is 6.75. The monoisotopic (exact) mass is 383 g/mol. The lowest BCUT2D eigenvalue weighted by molar-refractivity contribution is -0.292. The van der Waals surface area contributed by atoms with E-state index in [9.17, 15) is 28.2 Å². The standard InChI is InChI=1S/C18H16F3NO5/c1-22(12-7-8-13-14(9-12)27-10-26-13)16(24)15(23)17(25,18(19,20)21)11-5-3-2-4-6-11/h2-9,15,23,25H,10H2,1H3. The minimum absolute atomic E-state index is 0.0130. The number of halogens is 3. The molecule has 27 heavy (non-hydrogen) atoms. The second-order valence-corrected chi connectivity index (χ2v) is 5.97. The lowest BCUT2D eigenvalue weighted by Gasteiger charge is -2.36. The lowest BCUT2D eigenvalue weighted by atomic mass is 9.86. The van der Waals surface area contributed by atoms with Crippen LogP contribution in [0.4, 0.5) is 18.9 Å². The quantitative estimate of drug-likeness (QED) is 0.846. The number of alkyl halides is 3. The summed E-state index contributed by atoms with van der Waals surface area (Å²) in [6, 6.07) is 10.3. The van der Waals surface area contributed by atoms with Crippen molar-refractivity contribution in [2.45, 2.75) is 17.9 Å². The number of fused-ring (bicyclic) bond motifs is 1. The smallest absolute Gasteiger partial charge is 0.424 e. The van der Waals surface area contributed by atoms with Crippen LogP contribution < -0.4 is 14.4 Å². The van der Waals surface area contributed by atoms with Gasteiger partial charge in [0, 0.05) is 18.8 Å². The van der Waals surface area contributed by atoms with Crippen LogP contribution in [0.25, 0.3) is 0 Å².